The molecule has 0 saturated heterocycles. The molecule has 0 unspecified atom stereocenters. The lowest BCUT2D eigenvalue weighted by Gasteiger charge is -2.20. The minimum Gasteiger partial charge on any atom is -0.484 e. The van der Waals surface area contributed by atoms with Crippen LogP contribution in [0, 0.1) is 18.6 Å². The Hall–Kier alpha value is -3.46. The Morgan fingerprint density at radius 1 is 1.00 bits per heavy atom. The van der Waals surface area contributed by atoms with Gasteiger partial charge in [-0.05, 0) is 55.5 Å². The minimum atomic E-state index is -3.73. The summed E-state index contributed by atoms with van der Waals surface area (Å²) in [6.45, 7) is 1.43. The van der Waals surface area contributed by atoms with Gasteiger partial charge >= 0.3 is 0 Å². The molecule has 3 aromatic rings. The molecule has 31 heavy (non-hydrogen) atoms. The van der Waals surface area contributed by atoms with Crippen LogP contribution >= 0.6 is 0 Å². The fourth-order valence-corrected chi connectivity index (χ4v) is 3.88. The monoisotopic (exact) mass is 446 g/mol. The number of nitrogens with one attached hydrogen (secondary N) is 1. The molecule has 1 N–H and O–H groups in total. The molecule has 6 nitrogen and oxygen atoms in total. The van der Waals surface area contributed by atoms with Crippen molar-refractivity contribution in [3.05, 3.63) is 83.9 Å². The van der Waals surface area contributed by atoms with Crippen LogP contribution in [0.5, 0.6) is 5.75 Å². The highest BCUT2D eigenvalue weighted by atomic mass is 32.2. The first-order valence-electron chi connectivity index (χ1n) is 9.20. The molecule has 3 aromatic carbocycles. The third-order valence-electron chi connectivity index (χ3n) is 4.45. The number of aryl methyl sites for hydroxylation is 1. The minimum absolute atomic E-state index is 0.169. The molecule has 0 aliphatic carbocycles. The Kier molecular flexibility index (Phi) is 6.55. The summed E-state index contributed by atoms with van der Waals surface area (Å²) in [7, 11) is -2.29. The van der Waals surface area contributed by atoms with Gasteiger partial charge < -0.3 is 10.1 Å². The van der Waals surface area contributed by atoms with Crippen molar-refractivity contribution in [2.24, 2.45) is 0 Å². The third kappa shape index (κ3) is 5.37. The van der Waals surface area contributed by atoms with Crippen molar-refractivity contribution in [1.29, 1.82) is 0 Å². The zero-order valence-electron chi connectivity index (χ0n) is 16.8. The van der Waals surface area contributed by atoms with Gasteiger partial charge in [-0.25, -0.2) is 17.2 Å². The number of carbonyl (C=O) groups excluding carboxylic acids is 1. The highest BCUT2D eigenvalue weighted by molar-refractivity contribution is 7.92. The lowest BCUT2D eigenvalue weighted by Crippen LogP contribution is -2.26. The highest BCUT2D eigenvalue weighted by Gasteiger charge is 2.21. The van der Waals surface area contributed by atoms with Gasteiger partial charge in [0.15, 0.2) is 6.61 Å². The van der Waals surface area contributed by atoms with Crippen LogP contribution in [0.4, 0.5) is 20.2 Å². The fourth-order valence-electron chi connectivity index (χ4n) is 2.69. The lowest BCUT2D eigenvalue weighted by molar-refractivity contribution is -0.118. The van der Waals surface area contributed by atoms with Crippen LogP contribution in [0.3, 0.4) is 0 Å². The average molecular weight is 446 g/mol. The third-order valence-corrected chi connectivity index (χ3v) is 6.25. The van der Waals surface area contributed by atoms with Crippen molar-refractivity contribution in [2.75, 3.05) is 23.3 Å². The molecule has 0 atom stereocenters. The average Bonchev–Trinajstić information content (AvgIpc) is 2.75. The summed E-state index contributed by atoms with van der Waals surface area (Å²) in [5.41, 5.74) is 1.07. The van der Waals surface area contributed by atoms with E-state index in [2.05, 4.69) is 5.32 Å². The van der Waals surface area contributed by atoms with Gasteiger partial charge in [0, 0.05) is 13.1 Å². The maximum Gasteiger partial charge on any atom is 0.264 e. The quantitative estimate of drug-likeness (QED) is 0.593. The number of benzene rings is 3. The molecule has 3 rings (SSSR count). The molecule has 0 radical (unpaired) electrons. The number of anilines is 2. The van der Waals surface area contributed by atoms with Crippen molar-refractivity contribution >= 4 is 27.3 Å². The topological polar surface area (TPSA) is 75.7 Å². The molecule has 0 spiro atoms. The van der Waals surface area contributed by atoms with Crippen LogP contribution in [0.2, 0.25) is 0 Å². The molecule has 0 heterocycles. The normalized spacial score (nSPS) is 11.1. The largest absolute Gasteiger partial charge is 0.484 e. The summed E-state index contributed by atoms with van der Waals surface area (Å²) in [6, 6.07) is 15.3. The van der Waals surface area contributed by atoms with Crippen LogP contribution in [0.15, 0.2) is 71.6 Å². The number of hydrogen-bond donors (Lipinski definition) is 1. The van der Waals surface area contributed by atoms with Gasteiger partial charge in [-0.1, -0.05) is 17.7 Å². The number of amides is 1. The second-order valence-electron chi connectivity index (χ2n) is 6.74. The molecule has 0 fully saturated rings. The molecular weight excluding hydrogens is 426 g/mol. The van der Waals surface area contributed by atoms with E-state index in [9.17, 15) is 22.0 Å². The molecule has 0 aliphatic heterocycles. The first-order valence-corrected chi connectivity index (χ1v) is 10.6. The van der Waals surface area contributed by atoms with Gasteiger partial charge in [-0.3, -0.25) is 9.10 Å². The van der Waals surface area contributed by atoms with Gasteiger partial charge in [0.05, 0.1) is 16.3 Å². The van der Waals surface area contributed by atoms with Gasteiger partial charge in [0.25, 0.3) is 15.9 Å². The van der Waals surface area contributed by atoms with Gasteiger partial charge in [0.1, 0.15) is 17.4 Å². The van der Waals surface area contributed by atoms with E-state index in [0.29, 0.717) is 11.4 Å². The van der Waals surface area contributed by atoms with Crippen molar-refractivity contribution < 1.29 is 26.7 Å². The number of sulfonamides is 1. The van der Waals surface area contributed by atoms with E-state index >= 15 is 0 Å². The van der Waals surface area contributed by atoms with Crippen LogP contribution in [-0.2, 0) is 14.8 Å². The van der Waals surface area contributed by atoms with E-state index in [1.807, 2.05) is 6.92 Å². The predicted octanol–water partition coefficient (Wildman–Crippen LogP) is 4.12. The van der Waals surface area contributed by atoms with E-state index in [1.165, 1.54) is 31.3 Å². The second kappa shape index (κ2) is 9.13. The van der Waals surface area contributed by atoms with E-state index < -0.39 is 34.2 Å². The van der Waals surface area contributed by atoms with Gasteiger partial charge in [-0.2, -0.15) is 0 Å². The van der Waals surface area contributed by atoms with E-state index in [4.69, 9.17) is 4.74 Å². The Morgan fingerprint density at radius 2 is 1.65 bits per heavy atom. The smallest absolute Gasteiger partial charge is 0.264 e. The van der Waals surface area contributed by atoms with Crippen molar-refractivity contribution in [1.82, 2.24) is 0 Å². The maximum absolute atomic E-state index is 13.6. The number of carbonyl (C=O) groups is 1. The van der Waals surface area contributed by atoms with Crippen molar-refractivity contribution in [2.45, 2.75) is 11.8 Å². The van der Waals surface area contributed by atoms with Crippen LogP contribution in [0.1, 0.15) is 5.56 Å². The fraction of sp³-hybridized carbons (Fsp3) is 0.136. The highest BCUT2D eigenvalue weighted by Crippen LogP contribution is 2.24. The van der Waals surface area contributed by atoms with Crippen molar-refractivity contribution in [3.8, 4) is 5.75 Å². The predicted molar refractivity (Wildman–Crippen MR) is 114 cm³/mol. The van der Waals surface area contributed by atoms with Crippen LogP contribution < -0.4 is 14.4 Å². The molecule has 0 saturated carbocycles. The first-order chi connectivity index (χ1) is 14.7. The lowest BCUT2D eigenvalue weighted by atomic mass is 10.2. The zero-order chi connectivity index (χ0) is 22.6. The number of nitrogens with zero attached hydrogens (tertiary/aromatic N) is 1. The summed E-state index contributed by atoms with van der Waals surface area (Å²) >= 11 is 0. The van der Waals surface area contributed by atoms with Gasteiger partial charge in [-0.15, -0.1) is 0 Å². The van der Waals surface area contributed by atoms with E-state index in [-0.39, 0.29) is 10.6 Å². The summed E-state index contributed by atoms with van der Waals surface area (Å²) < 4.78 is 58.7. The molecule has 0 aliphatic rings. The first kappa shape index (κ1) is 22.2. The van der Waals surface area contributed by atoms with Crippen LogP contribution in [0.25, 0.3) is 0 Å². The number of hydrogen-bond acceptors (Lipinski definition) is 4. The molecule has 0 aromatic heterocycles. The summed E-state index contributed by atoms with van der Waals surface area (Å²) in [4.78, 5) is 12.1. The molecule has 9 heteroatoms. The Bertz CT molecular complexity index is 1180. The van der Waals surface area contributed by atoms with Gasteiger partial charge in [0.2, 0.25) is 0 Å². The van der Waals surface area contributed by atoms with E-state index in [0.717, 1.165) is 28.1 Å². The number of halogens is 2. The zero-order valence-corrected chi connectivity index (χ0v) is 17.6. The SMILES string of the molecule is Cc1ccc(S(=O)(=O)N(C)c2ccc(OCC(=O)Nc3cc(F)ccc3F)cc2)cc1. The molecule has 0 bridgehead atoms. The standard InChI is InChI=1S/C22H20F2N2O4S/c1-15-3-10-19(11-4-15)31(28,29)26(2)17-6-8-18(9-7-17)30-14-22(27)25-21-13-16(23)5-12-20(21)24/h3-13H,14H2,1-2H3,(H,25,27). The molecular formula is C22H20F2N2O4S. The van der Waals surface area contributed by atoms with Crippen molar-refractivity contribution in [3.63, 3.8) is 0 Å². The summed E-state index contributed by atoms with van der Waals surface area (Å²) in [6.07, 6.45) is 0. The summed E-state index contributed by atoms with van der Waals surface area (Å²) in [5.74, 6) is -1.82. The molecule has 162 valence electrons. The Labute approximate surface area is 179 Å². The Balaban J connectivity index is 1.62. The maximum atomic E-state index is 13.6. The number of ether oxygens (including phenoxy) is 1. The Morgan fingerprint density at radius 3 is 2.29 bits per heavy atom. The number of rotatable bonds is 7. The molecule has 1 amide bonds. The van der Waals surface area contributed by atoms with E-state index in [1.54, 1.807) is 24.3 Å². The summed E-state index contributed by atoms with van der Waals surface area (Å²) in [5, 5.41) is 2.23. The van der Waals surface area contributed by atoms with Crippen LogP contribution in [-0.4, -0.2) is 28.0 Å². The second-order valence-corrected chi connectivity index (χ2v) is 8.71.